The monoisotopic (exact) mass is 474 g/mol. The van der Waals surface area contributed by atoms with Crippen LogP contribution in [0.4, 0.5) is 17.3 Å². The summed E-state index contributed by atoms with van der Waals surface area (Å²) in [4.78, 5) is 27.5. The van der Waals surface area contributed by atoms with Crippen molar-refractivity contribution in [2.75, 3.05) is 50.1 Å². The van der Waals surface area contributed by atoms with Crippen molar-refractivity contribution in [3.63, 3.8) is 0 Å². The summed E-state index contributed by atoms with van der Waals surface area (Å²) >= 11 is 0. The van der Waals surface area contributed by atoms with Crippen LogP contribution < -0.4 is 15.0 Å². The Morgan fingerprint density at radius 3 is 2.51 bits per heavy atom. The number of likely N-dealkylation sites (tertiary alicyclic amines) is 1. The quantitative estimate of drug-likeness (QED) is 0.514. The Hall–Kier alpha value is -3.39. The molecule has 8 nitrogen and oxygen atoms in total. The summed E-state index contributed by atoms with van der Waals surface area (Å²) in [5, 5.41) is 4.36. The van der Waals surface area contributed by atoms with Gasteiger partial charge in [-0.1, -0.05) is 13.8 Å². The first-order chi connectivity index (χ1) is 17.1. The number of methoxy groups -OCH3 is 1. The van der Waals surface area contributed by atoms with Crippen LogP contribution in [0.2, 0.25) is 0 Å². The number of nitrogens with one attached hydrogen (secondary N) is 1. The molecule has 2 fully saturated rings. The topological polar surface area (TPSA) is 73.8 Å². The summed E-state index contributed by atoms with van der Waals surface area (Å²) in [6.07, 6.45) is 5.33. The number of benzene rings is 2. The lowest BCUT2D eigenvalue weighted by Gasteiger charge is -2.41. The Morgan fingerprint density at radius 2 is 1.83 bits per heavy atom. The van der Waals surface area contributed by atoms with Gasteiger partial charge < -0.3 is 19.9 Å². The molecule has 1 N–H and O–H groups in total. The van der Waals surface area contributed by atoms with E-state index >= 15 is 0 Å². The maximum absolute atomic E-state index is 11.3. The zero-order valence-electron chi connectivity index (χ0n) is 20.8. The van der Waals surface area contributed by atoms with Gasteiger partial charge in [0.1, 0.15) is 5.75 Å². The second-order valence-corrected chi connectivity index (χ2v) is 9.63. The lowest BCUT2D eigenvalue weighted by molar-refractivity contribution is -0.122. The van der Waals surface area contributed by atoms with Crippen molar-refractivity contribution in [1.82, 2.24) is 19.8 Å². The van der Waals surface area contributed by atoms with Crippen LogP contribution in [0.1, 0.15) is 38.2 Å². The fraction of sp³-hybridized carbons (Fsp3) is 0.444. The lowest BCUT2D eigenvalue weighted by Crippen LogP contribution is -2.53. The van der Waals surface area contributed by atoms with Gasteiger partial charge in [0.2, 0.25) is 12.4 Å². The van der Waals surface area contributed by atoms with Crippen LogP contribution >= 0.6 is 0 Å². The number of hydrogen-bond acceptors (Lipinski definition) is 7. The van der Waals surface area contributed by atoms with Crippen molar-refractivity contribution in [3.8, 4) is 5.75 Å². The molecule has 184 valence electrons. The van der Waals surface area contributed by atoms with Gasteiger partial charge in [0.05, 0.1) is 18.8 Å². The average molecular weight is 475 g/mol. The third-order valence-electron chi connectivity index (χ3n) is 7.17. The molecule has 1 atom stereocenters. The molecule has 2 aliphatic rings. The van der Waals surface area contributed by atoms with Crippen LogP contribution in [0.5, 0.6) is 5.75 Å². The second-order valence-electron chi connectivity index (χ2n) is 9.63. The predicted octanol–water partition coefficient (Wildman–Crippen LogP) is 4.21. The molecule has 0 spiro atoms. The van der Waals surface area contributed by atoms with E-state index in [1.165, 1.54) is 5.69 Å². The molecule has 8 heteroatoms. The van der Waals surface area contributed by atoms with Gasteiger partial charge in [-0.15, -0.1) is 0 Å². The number of aromatic nitrogens is 2. The number of anilines is 3. The molecule has 35 heavy (non-hydrogen) atoms. The van der Waals surface area contributed by atoms with Gasteiger partial charge in [-0.2, -0.15) is 0 Å². The van der Waals surface area contributed by atoms with E-state index in [1.54, 1.807) is 7.11 Å². The first-order valence-electron chi connectivity index (χ1n) is 12.5. The molecule has 1 aromatic heterocycles. The molecule has 3 heterocycles. The number of carbonyl (C=O) groups excluding carboxylic acids is 1. The van der Waals surface area contributed by atoms with E-state index in [2.05, 4.69) is 58.2 Å². The predicted molar refractivity (Wildman–Crippen MR) is 139 cm³/mol. The first-order valence-corrected chi connectivity index (χ1v) is 12.5. The Bertz CT molecular complexity index is 1170. The number of rotatable bonds is 7. The summed E-state index contributed by atoms with van der Waals surface area (Å²) in [7, 11) is 1.70. The minimum Gasteiger partial charge on any atom is -0.496 e. The van der Waals surface area contributed by atoms with E-state index in [1.807, 2.05) is 23.2 Å². The smallest absolute Gasteiger partial charge is 0.227 e. The number of fused-ring (bicyclic) bond motifs is 1. The number of piperazine rings is 1. The number of ether oxygens (including phenoxy) is 1. The maximum Gasteiger partial charge on any atom is 0.227 e. The molecule has 1 amide bonds. The van der Waals surface area contributed by atoms with E-state index in [0.29, 0.717) is 5.95 Å². The van der Waals surface area contributed by atoms with Crippen molar-refractivity contribution in [3.05, 3.63) is 48.2 Å². The fourth-order valence-electron chi connectivity index (χ4n) is 5.35. The van der Waals surface area contributed by atoms with E-state index in [-0.39, 0.29) is 12.1 Å². The number of hydrogen-bond donors (Lipinski definition) is 1. The van der Waals surface area contributed by atoms with Crippen LogP contribution in [0.3, 0.4) is 0 Å². The zero-order chi connectivity index (χ0) is 24.4. The maximum atomic E-state index is 11.3. The molecule has 2 saturated heterocycles. The highest BCUT2D eigenvalue weighted by atomic mass is 16.5. The summed E-state index contributed by atoms with van der Waals surface area (Å²) in [5.74, 6) is 1.71. The third-order valence-corrected chi connectivity index (χ3v) is 7.17. The first kappa shape index (κ1) is 23.4. The molecular weight excluding hydrogens is 440 g/mol. The molecule has 0 saturated carbocycles. The van der Waals surface area contributed by atoms with Crippen molar-refractivity contribution < 1.29 is 9.53 Å². The van der Waals surface area contributed by atoms with Crippen molar-refractivity contribution in [2.45, 2.75) is 38.8 Å². The summed E-state index contributed by atoms with van der Waals surface area (Å²) < 4.78 is 5.58. The Labute approximate surface area is 206 Å². The van der Waals surface area contributed by atoms with Crippen LogP contribution in [-0.2, 0) is 4.79 Å². The molecular formula is C27H34N6O2. The number of nitrogens with zero attached hydrogens (tertiary/aromatic N) is 5. The molecule has 5 rings (SSSR count). The third kappa shape index (κ3) is 4.75. The van der Waals surface area contributed by atoms with Crippen molar-refractivity contribution >= 4 is 34.6 Å². The molecule has 0 bridgehead atoms. The highest BCUT2D eigenvalue weighted by Gasteiger charge is 2.31. The minimum absolute atomic E-state index is 0.277. The lowest BCUT2D eigenvalue weighted by atomic mass is 9.99. The zero-order valence-corrected chi connectivity index (χ0v) is 20.8. The highest BCUT2D eigenvalue weighted by molar-refractivity contribution is 5.85. The van der Waals surface area contributed by atoms with Gasteiger partial charge in [0.15, 0.2) is 0 Å². The van der Waals surface area contributed by atoms with Gasteiger partial charge in [-0.05, 0) is 55.2 Å². The standard InChI is InChI=1S/C27H34N6O2/c1-19(2)25-23(35-3)11-6-20-17-28-27(30-26(20)25)29-21-7-9-22(10-8-21)31-13-15-32(16-14-31)24-5-4-12-33(24)18-34/h6-11,17-19,24H,4-5,12-16H2,1-3H3,(H,28,29,30). The van der Waals surface area contributed by atoms with E-state index < -0.39 is 0 Å². The normalized spacial score (nSPS) is 18.9. The van der Waals surface area contributed by atoms with Crippen molar-refractivity contribution in [1.29, 1.82) is 0 Å². The van der Waals surface area contributed by atoms with Gasteiger partial charge in [0, 0.05) is 61.2 Å². The molecule has 1 unspecified atom stereocenters. The highest BCUT2D eigenvalue weighted by Crippen LogP contribution is 2.33. The molecule has 0 aliphatic carbocycles. The SMILES string of the molecule is COc1ccc2cnc(Nc3ccc(N4CCN(C5CCCN5C=O)CC4)cc3)nc2c1C(C)C. The summed E-state index contributed by atoms with van der Waals surface area (Å²) in [6, 6.07) is 12.4. The largest absolute Gasteiger partial charge is 0.496 e. The summed E-state index contributed by atoms with van der Waals surface area (Å²) in [5.41, 5.74) is 4.17. The van der Waals surface area contributed by atoms with Gasteiger partial charge in [-0.3, -0.25) is 9.69 Å². The van der Waals surface area contributed by atoms with E-state index in [4.69, 9.17) is 9.72 Å². The summed E-state index contributed by atoms with van der Waals surface area (Å²) in [6.45, 7) is 9.06. The minimum atomic E-state index is 0.277. The number of carbonyl (C=O) groups is 1. The fourth-order valence-corrected chi connectivity index (χ4v) is 5.35. The molecule has 3 aromatic rings. The van der Waals surface area contributed by atoms with Crippen LogP contribution in [-0.4, -0.2) is 72.2 Å². The molecule has 2 aromatic carbocycles. The van der Waals surface area contributed by atoms with Crippen LogP contribution in [0.15, 0.2) is 42.6 Å². The van der Waals surface area contributed by atoms with E-state index in [9.17, 15) is 4.79 Å². The Kier molecular flexibility index (Phi) is 6.72. The van der Waals surface area contributed by atoms with Gasteiger partial charge in [0.25, 0.3) is 0 Å². The second kappa shape index (κ2) is 10.1. The Morgan fingerprint density at radius 1 is 1.06 bits per heavy atom. The number of amides is 1. The van der Waals surface area contributed by atoms with Crippen molar-refractivity contribution in [2.24, 2.45) is 0 Å². The van der Waals surface area contributed by atoms with Gasteiger partial charge >= 0.3 is 0 Å². The van der Waals surface area contributed by atoms with Crippen LogP contribution in [0.25, 0.3) is 10.9 Å². The molecule has 0 radical (unpaired) electrons. The molecule has 2 aliphatic heterocycles. The van der Waals surface area contributed by atoms with Crippen LogP contribution in [0, 0.1) is 0 Å². The average Bonchev–Trinajstić information content (AvgIpc) is 3.37. The van der Waals surface area contributed by atoms with Gasteiger partial charge in [-0.25, -0.2) is 9.97 Å². The van der Waals surface area contributed by atoms with E-state index in [0.717, 1.165) is 79.9 Å². The Balaban J connectivity index is 1.26.